The molecule has 8 heteroatoms. The number of carbonyl (C=O) groups is 2. The Labute approximate surface area is 191 Å². The summed E-state index contributed by atoms with van der Waals surface area (Å²) in [5, 5.41) is 21.5. The minimum atomic E-state index is -0.845. The molecule has 0 aromatic rings. The molecule has 3 aliphatic rings. The van der Waals surface area contributed by atoms with E-state index in [4.69, 9.17) is 10.1 Å². The molecular weight excluding hydrogens is 412 g/mol. The lowest BCUT2D eigenvalue weighted by Gasteiger charge is -2.35. The summed E-state index contributed by atoms with van der Waals surface area (Å²) in [7, 11) is 0. The predicted octanol–water partition coefficient (Wildman–Crippen LogP) is 3.61. The predicted molar refractivity (Wildman–Crippen MR) is 119 cm³/mol. The molecule has 4 N–H and O–H groups in total. The molecule has 184 valence electrons. The maximum absolute atomic E-state index is 12.8. The van der Waals surface area contributed by atoms with Crippen LogP contribution in [-0.4, -0.2) is 47.5 Å². The second kappa shape index (κ2) is 12.3. The van der Waals surface area contributed by atoms with Crippen LogP contribution in [0.3, 0.4) is 0 Å². The average Bonchev–Trinajstić information content (AvgIpc) is 2.76. The van der Waals surface area contributed by atoms with Gasteiger partial charge in [0.15, 0.2) is 0 Å². The highest BCUT2D eigenvalue weighted by Crippen LogP contribution is 2.35. The van der Waals surface area contributed by atoms with E-state index in [1.165, 1.54) is 6.42 Å². The Hall–Kier alpha value is -1.22. The lowest BCUT2D eigenvalue weighted by molar-refractivity contribution is -0.257. The largest absolute Gasteiger partial charge is 0.481 e. The molecule has 3 saturated carbocycles. The normalized spacial score (nSPS) is 38.2. The van der Waals surface area contributed by atoms with Crippen molar-refractivity contribution < 1.29 is 29.7 Å². The molecular formula is C24H42N2O6. The van der Waals surface area contributed by atoms with E-state index in [-0.39, 0.29) is 18.0 Å². The standard InChI is InChI=1S/C24H42N2O6/c1-15-3-5-17(14-32-30)18(11-15)13-31-26-20-8-6-19(7-9-20)25-23(27)22-12-16(2)4-10-21(22)24(28)29/h15-22,26,30H,3-14H2,1-2H3,(H,25,27)(H,28,29). The number of hydrogen-bond donors (Lipinski definition) is 4. The van der Waals surface area contributed by atoms with E-state index in [1.54, 1.807) is 0 Å². The third-order valence-electron chi connectivity index (χ3n) is 8.08. The van der Waals surface area contributed by atoms with Crippen molar-refractivity contribution in [2.75, 3.05) is 13.2 Å². The Kier molecular flexibility index (Phi) is 9.77. The monoisotopic (exact) mass is 454 g/mol. The summed E-state index contributed by atoms with van der Waals surface area (Å²) in [6.45, 7) is 5.35. The highest BCUT2D eigenvalue weighted by molar-refractivity contribution is 5.85. The maximum Gasteiger partial charge on any atom is 0.307 e. The number of carboxylic acid groups (broad SMARTS) is 1. The molecule has 0 bridgehead atoms. The van der Waals surface area contributed by atoms with Crippen LogP contribution in [0.1, 0.15) is 78.1 Å². The molecule has 8 nitrogen and oxygen atoms in total. The molecule has 3 fully saturated rings. The van der Waals surface area contributed by atoms with E-state index in [0.29, 0.717) is 49.7 Å². The first-order valence-electron chi connectivity index (χ1n) is 12.5. The van der Waals surface area contributed by atoms with Crippen molar-refractivity contribution in [1.82, 2.24) is 10.8 Å². The highest BCUT2D eigenvalue weighted by atomic mass is 17.1. The van der Waals surface area contributed by atoms with Crippen LogP contribution in [-0.2, 0) is 19.3 Å². The molecule has 0 spiro atoms. The number of carbonyl (C=O) groups excluding carboxylic acids is 1. The van der Waals surface area contributed by atoms with Crippen molar-refractivity contribution in [2.45, 2.75) is 90.1 Å². The first kappa shape index (κ1) is 25.4. The number of amides is 1. The fraction of sp³-hybridized carbons (Fsp3) is 0.917. The van der Waals surface area contributed by atoms with Gasteiger partial charge in [0.25, 0.3) is 0 Å². The summed E-state index contributed by atoms with van der Waals surface area (Å²) < 4.78 is 0. The van der Waals surface area contributed by atoms with Gasteiger partial charge in [-0.2, -0.15) is 5.48 Å². The second-order valence-corrected chi connectivity index (χ2v) is 10.7. The van der Waals surface area contributed by atoms with Gasteiger partial charge in [-0.05, 0) is 81.5 Å². The molecule has 0 radical (unpaired) electrons. The van der Waals surface area contributed by atoms with E-state index >= 15 is 0 Å². The summed E-state index contributed by atoms with van der Waals surface area (Å²) in [6, 6.07) is 0.371. The van der Waals surface area contributed by atoms with E-state index in [9.17, 15) is 14.7 Å². The van der Waals surface area contributed by atoms with Crippen molar-refractivity contribution in [3.8, 4) is 0 Å². The van der Waals surface area contributed by atoms with E-state index in [1.807, 2.05) is 0 Å². The molecule has 6 atom stereocenters. The Morgan fingerprint density at radius 2 is 1.47 bits per heavy atom. The van der Waals surface area contributed by atoms with E-state index in [0.717, 1.165) is 44.9 Å². The fourth-order valence-corrected chi connectivity index (χ4v) is 5.98. The third-order valence-corrected chi connectivity index (χ3v) is 8.08. The van der Waals surface area contributed by atoms with Crippen LogP contribution in [0.2, 0.25) is 0 Å². The first-order valence-corrected chi connectivity index (χ1v) is 12.5. The van der Waals surface area contributed by atoms with Crippen LogP contribution in [0.4, 0.5) is 0 Å². The van der Waals surface area contributed by atoms with Gasteiger partial charge in [-0.25, -0.2) is 4.89 Å². The van der Waals surface area contributed by atoms with Gasteiger partial charge in [0, 0.05) is 12.1 Å². The van der Waals surface area contributed by atoms with Crippen LogP contribution in [0.15, 0.2) is 0 Å². The van der Waals surface area contributed by atoms with Gasteiger partial charge in [0.2, 0.25) is 5.91 Å². The van der Waals surface area contributed by atoms with E-state index in [2.05, 4.69) is 29.5 Å². The van der Waals surface area contributed by atoms with Crippen LogP contribution >= 0.6 is 0 Å². The van der Waals surface area contributed by atoms with Crippen LogP contribution in [0.25, 0.3) is 0 Å². The van der Waals surface area contributed by atoms with Crippen molar-refractivity contribution in [2.24, 2.45) is 35.5 Å². The number of aliphatic carboxylic acids is 1. The Balaban J connectivity index is 1.37. The third kappa shape index (κ3) is 7.14. The number of nitrogens with one attached hydrogen (secondary N) is 2. The summed E-state index contributed by atoms with van der Waals surface area (Å²) >= 11 is 0. The minimum Gasteiger partial charge on any atom is -0.481 e. The fourth-order valence-electron chi connectivity index (χ4n) is 5.98. The second-order valence-electron chi connectivity index (χ2n) is 10.7. The van der Waals surface area contributed by atoms with Gasteiger partial charge >= 0.3 is 5.97 Å². The van der Waals surface area contributed by atoms with Crippen molar-refractivity contribution in [3.05, 3.63) is 0 Å². The smallest absolute Gasteiger partial charge is 0.307 e. The van der Waals surface area contributed by atoms with Gasteiger partial charge in [-0.1, -0.05) is 20.3 Å². The molecule has 3 aliphatic carbocycles. The number of hydroxylamine groups is 1. The average molecular weight is 455 g/mol. The topological polar surface area (TPSA) is 117 Å². The summed E-state index contributed by atoms with van der Waals surface area (Å²) in [5.74, 6) is -0.110. The highest BCUT2D eigenvalue weighted by Gasteiger charge is 2.39. The SMILES string of the molecule is CC1CCC(COO)C(CONC2CCC(NC(=O)C3CC(C)CCC3C(=O)O)CC2)C1. The van der Waals surface area contributed by atoms with Crippen LogP contribution in [0, 0.1) is 35.5 Å². The zero-order chi connectivity index (χ0) is 23.1. The lowest BCUT2D eigenvalue weighted by Crippen LogP contribution is -2.47. The van der Waals surface area contributed by atoms with Gasteiger partial charge in [0.05, 0.1) is 25.0 Å². The zero-order valence-electron chi connectivity index (χ0n) is 19.6. The molecule has 0 saturated heterocycles. The maximum atomic E-state index is 12.8. The molecule has 6 unspecified atom stereocenters. The number of hydrogen-bond acceptors (Lipinski definition) is 6. The van der Waals surface area contributed by atoms with Gasteiger partial charge < -0.3 is 15.3 Å². The first-order chi connectivity index (χ1) is 15.4. The van der Waals surface area contributed by atoms with Crippen molar-refractivity contribution in [3.63, 3.8) is 0 Å². The minimum absolute atomic E-state index is 0.0832. The lowest BCUT2D eigenvalue weighted by atomic mass is 9.74. The van der Waals surface area contributed by atoms with Crippen molar-refractivity contribution in [1.29, 1.82) is 0 Å². The molecule has 3 rings (SSSR count). The number of rotatable bonds is 9. The zero-order valence-corrected chi connectivity index (χ0v) is 19.6. The van der Waals surface area contributed by atoms with Gasteiger partial charge in [-0.15, -0.1) is 0 Å². The molecule has 0 aliphatic heterocycles. The Bertz CT molecular complexity index is 609. The number of carboxylic acids is 1. The van der Waals surface area contributed by atoms with Gasteiger partial charge in [-0.3, -0.25) is 14.8 Å². The molecule has 0 aromatic heterocycles. The summed E-state index contributed by atoms with van der Waals surface area (Å²) in [5.41, 5.74) is 3.22. The molecule has 1 amide bonds. The Morgan fingerprint density at radius 1 is 0.812 bits per heavy atom. The summed E-state index contributed by atoms with van der Waals surface area (Å²) in [6.07, 6.45) is 9.02. The van der Waals surface area contributed by atoms with Crippen LogP contribution in [0.5, 0.6) is 0 Å². The van der Waals surface area contributed by atoms with E-state index < -0.39 is 17.8 Å². The van der Waals surface area contributed by atoms with Crippen molar-refractivity contribution >= 4 is 11.9 Å². The van der Waals surface area contributed by atoms with Gasteiger partial charge in [0.1, 0.15) is 0 Å². The molecule has 0 aromatic carbocycles. The quantitative estimate of drug-likeness (QED) is 0.310. The van der Waals surface area contributed by atoms with Crippen LogP contribution < -0.4 is 10.8 Å². The Morgan fingerprint density at radius 3 is 2.16 bits per heavy atom. The molecule has 32 heavy (non-hydrogen) atoms. The summed E-state index contributed by atoms with van der Waals surface area (Å²) in [4.78, 5) is 34.7. The molecule has 0 heterocycles.